The molecule has 2 heterocycles. The Morgan fingerprint density at radius 3 is 2.94 bits per heavy atom. The maximum atomic E-state index is 13.2. The fourth-order valence-electron chi connectivity index (χ4n) is 2.57. The molecule has 2 aromatic rings. The summed E-state index contributed by atoms with van der Waals surface area (Å²) in [7, 11) is 0. The molecule has 96 valence electrons. The molecule has 0 saturated heterocycles. The number of halogens is 1. The number of hydrogen-bond donors (Lipinski definition) is 2. The third kappa shape index (κ3) is 2.27. The number of H-pyrrole nitrogens is 1. The van der Waals surface area contributed by atoms with Crippen LogP contribution < -0.4 is 5.32 Å². The molecule has 0 radical (unpaired) electrons. The van der Waals surface area contributed by atoms with E-state index in [0.717, 1.165) is 6.54 Å². The second-order valence-corrected chi connectivity index (χ2v) is 4.83. The van der Waals surface area contributed by atoms with Gasteiger partial charge in [-0.25, -0.2) is 4.98 Å². The van der Waals surface area contributed by atoms with Crippen LogP contribution in [0.2, 0.25) is 0 Å². The first-order valence-corrected chi connectivity index (χ1v) is 6.43. The Bertz CT molecular complexity index is 532. The molecule has 5 nitrogen and oxygen atoms in total. The first-order chi connectivity index (χ1) is 8.83. The molecular weight excluding hydrogens is 233 g/mol. The predicted molar refractivity (Wildman–Crippen MR) is 66.7 cm³/mol. The van der Waals surface area contributed by atoms with E-state index in [1.807, 2.05) is 0 Å². The van der Waals surface area contributed by atoms with Crippen molar-refractivity contribution in [3.63, 3.8) is 0 Å². The van der Waals surface area contributed by atoms with Gasteiger partial charge in [0.1, 0.15) is 5.52 Å². The first-order valence-electron chi connectivity index (χ1n) is 6.43. The lowest BCUT2D eigenvalue weighted by atomic mass is 9.89. The quantitative estimate of drug-likeness (QED) is 0.820. The Morgan fingerprint density at radius 2 is 2.11 bits per heavy atom. The van der Waals surface area contributed by atoms with Gasteiger partial charge in [0, 0.05) is 6.54 Å². The van der Waals surface area contributed by atoms with Crippen LogP contribution in [0, 0.1) is 12.0 Å². The number of imidazole rings is 1. The average molecular weight is 249 g/mol. The van der Waals surface area contributed by atoms with Crippen molar-refractivity contribution in [1.82, 2.24) is 19.9 Å². The number of rotatable bonds is 3. The lowest BCUT2D eigenvalue weighted by Gasteiger charge is -2.21. The lowest BCUT2D eigenvalue weighted by Crippen LogP contribution is -2.18. The van der Waals surface area contributed by atoms with Crippen LogP contribution in [0.25, 0.3) is 11.2 Å². The molecule has 18 heavy (non-hydrogen) atoms. The van der Waals surface area contributed by atoms with Crippen LogP contribution in [-0.2, 0) is 0 Å². The van der Waals surface area contributed by atoms with Gasteiger partial charge >= 0.3 is 6.08 Å². The molecule has 1 aliphatic carbocycles. The second kappa shape index (κ2) is 4.88. The Balaban J connectivity index is 1.75. The molecule has 1 saturated carbocycles. The van der Waals surface area contributed by atoms with Crippen LogP contribution in [0.4, 0.5) is 10.2 Å². The Hall–Kier alpha value is -1.72. The molecule has 2 aromatic heterocycles. The Labute approximate surface area is 104 Å². The van der Waals surface area contributed by atoms with Crippen molar-refractivity contribution in [2.75, 3.05) is 11.9 Å². The molecule has 0 spiro atoms. The number of nitrogens with one attached hydrogen (secondary N) is 2. The number of anilines is 1. The summed E-state index contributed by atoms with van der Waals surface area (Å²) in [4.78, 5) is 14.3. The van der Waals surface area contributed by atoms with Gasteiger partial charge in [-0.3, -0.25) is 0 Å². The molecule has 0 aliphatic heterocycles. The first kappa shape index (κ1) is 11.4. The zero-order valence-electron chi connectivity index (χ0n) is 10.1. The van der Waals surface area contributed by atoms with Gasteiger partial charge in [0.25, 0.3) is 0 Å². The highest BCUT2D eigenvalue weighted by molar-refractivity contribution is 5.81. The van der Waals surface area contributed by atoms with E-state index in [1.165, 1.54) is 38.4 Å². The minimum Gasteiger partial charge on any atom is -0.368 e. The van der Waals surface area contributed by atoms with E-state index in [2.05, 4.69) is 25.3 Å². The van der Waals surface area contributed by atoms with E-state index >= 15 is 0 Å². The topological polar surface area (TPSA) is 66.5 Å². The highest BCUT2D eigenvalue weighted by Crippen LogP contribution is 2.24. The molecule has 6 heteroatoms. The maximum absolute atomic E-state index is 13.2. The summed E-state index contributed by atoms with van der Waals surface area (Å²) < 4.78 is 13.2. The summed E-state index contributed by atoms with van der Waals surface area (Å²) in [5.74, 6) is 1.18. The van der Waals surface area contributed by atoms with Gasteiger partial charge in [-0.15, -0.1) is 0 Å². The lowest BCUT2D eigenvalue weighted by molar-refractivity contribution is 0.373. The SMILES string of the molecule is Fc1nc(NCC2CCCCC2)c2[nH]cnc2n1. The summed E-state index contributed by atoms with van der Waals surface area (Å²) in [6, 6.07) is 0. The third-order valence-corrected chi connectivity index (χ3v) is 3.54. The molecule has 1 aliphatic rings. The second-order valence-electron chi connectivity index (χ2n) is 4.83. The summed E-state index contributed by atoms with van der Waals surface area (Å²) >= 11 is 0. The summed E-state index contributed by atoms with van der Waals surface area (Å²) in [5, 5.41) is 3.22. The van der Waals surface area contributed by atoms with E-state index in [-0.39, 0.29) is 0 Å². The van der Waals surface area contributed by atoms with Crippen LogP contribution in [0.1, 0.15) is 32.1 Å². The van der Waals surface area contributed by atoms with Gasteiger partial charge in [-0.05, 0) is 18.8 Å². The van der Waals surface area contributed by atoms with Crippen molar-refractivity contribution in [2.24, 2.45) is 5.92 Å². The van der Waals surface area contributed by atoms with Crippen LogP contribution in [0.5, 0.6) is 0 Å². The van der Waals surface area contributed by atoms with E-state index < -0.39 is 6.08 Å². The number of hydrogen-bond acceptors (Lipinski definition) is 4. The Kier molecular flexibility index (Phi) is 3.08. The van der Waals surface area contributed by atoms with Crippen LogP contribution in [0.3, 0.4) is 0 Å². The summed E-state index contributed by atoms with van der Waals surface area (Å²) in [5.41, 5.74) is 1.04. The summed E-state index contributed by atoms with van der Waals surface area (Å²) in [6.07, 6.45) is 7.18. The maximum Gasteiger partial charge on any atom is 0.312 e. The Morgan fingerprint density at radius 1 is 1.28 bits per heavy atom. The van der Waals surface area contributed by atoms with Gasteiger partial charge in [-0.1, -0.05) is 19.3 Å². The third-order valence-electron chi connectivity index (χ3n) is 3.54. The molecule has 0 atom stereocenters. The normalized spacial score (nSPS) is 17.2. The molecular formula is C12H16FN5. The van der Waals surface area contributed by atoms with Crippen molar-refractivity contribution in [3.8, 4) is 0 Å². The van der Waals surface area contributed by atoms with E-state index in [0.29, 0.717) is 22.9 Å². The van der Waals surface area contributed by atoms with Gasteiger partial charge in [-0.2, -0.15) is 14.4 Å². The van der Waals surface area contributed by atoms with Gasteiger partial charge in [0.2, 0.25) is 0 Å². The van der Waals surface area contributed by atoms with E-state index in [9.17, 15) is 4.39 Å². The number of nitrogens with zero attached hydrogens (tertiary/aromatic N) is 3. The monoisotopic (exact) mass is 249 g/mol. The fraction of sp³-hybridized carbons (Fsp3) is 0.583. The van der Waals surface area contributed by atoms with Crippen LogP contribution in [-0.4, -0.2) is 26.5 Å². The molecule has 0 unspecified atom stereocenters. The molecule has 2 N–H and O–H groups in total. The average Bonchev–Trinajstić information content (AvgIpc) is 2.85. The van der Waals surface area contributed by atoms with Crippen molar-refractivity contribution < 1.29 is 4.39 Å². The smallest absolute Gasteiger partial charge is 0.312 e. The van der Waals surface area contributed by atoms with Gasteiger partial charge in [0.05, 0.1) is 6.33 Å². The van der Waals surface area contributed by atoms with E-state index in [4.69, 9.17) is 0 Å². The molecule has 0 amide bonds. The standard InChI is InChI=1S/C12H16FN5/c13-12-17-10(9-11(18-12)16-7-15-9)14-6-8-4-2-1-3-5-8/h7-8H,1-6H2,(H2,14,15,16,17,18). The zero-order chi connectivity index (χ0) is 12.4. The zero-order valence-corrected chi connectivity index (χ0v) is 10.1. The predicted octanol–water partition coefficient (Wildman–Crippen LogP) is 2.48. The largest absolute Gasteiger partial charge is 0.368 e. The van der Waals surface area contributed by atoms with Crippen molar-refractivity contribution in [3.05, 3.63) is 12.4 Å². The van der Waals surface area contributed by atoms with Crippen LogP contribution >= 0.6 is 0 Å². The number of fused-ring (bicyclic) bond motifs is 1. The molecule has 3 rings (SSSR count). The number of aromatic amines is 1. The molecule has 0 aromatic carbocycles. The minimum atomic E-state index is -0.735. The van der Waals surface area contributed by atoms with Crippen molar-refractivity contribution in [2.45, 2.75) is 32.1 Å². The van der Waals surface area contributed by atoms with Gasteiger partial charge in [0.15, 0.2) is 11.5 Å². The minimum absolute atomic E-state index is 0.369. The van der Waals surface area contributed by atoms with Crippen LogP contribution in [0.15, 0.2) is 6.33 Å². The van der Waals surface area contributed by atoms with Crippen molar-refractivity contribution >= 4 is 17.0 Å². The van der Waals surface area contributed by atoms with Crippen molar-refractivity contribution in [1.29, 1.82) is 0 Å². The summed E-state index contributed by atoms with van der Waals surface area (Å²) in [6.45, 7) is 0.838. The molecule has 0 bridgehead atoms. The molecule has 1 fully saturated rings. The highest BCUT2D eigenvalue weighted by Gasteiger charge is 2.15. The highest BCUT2D eigenvalue weighted by atomic mass is 19.1. The van der Waals surface area contributed by atoms with Gasteiger partial charge < -0.3 is 10.3 Å². The number of aromatic nitrogens is 4. The fourth-order valence-corrected chi connectivity index (χ4v) is 2.57. The van der Waals surface area contributed by atoms with E-state index in [1.54, 1.807) is 0 Å².